The fourth-order valence-corrected chi connectivity index (χ4v) is 2.93. The standard InChI is InChI=1S/C15H24ClNS/c1-6-9-17-11(2)12-7-8-14(13(16)10-12)18-15(3,4)5/h7-8,10-11,17H,6,9H2,1-5H3. The van der Waals surface area contributed by atoms with Crippen LogP contribution in [0.3, 0.4) is 0 Å². The van der Waals surface area contributed by atoms with Crippen molar-refractivity contribution in [3.63, 3.8) is 0 Å². The molecule has 1 aromatic carbocycles. The van der Waals surface area contributed by atoms with Gasteiger partial charge in [0.15, 0.2) is 0 Å². The maximum atomic E-state index is 6.36. The zero-order chi connectivity index (χ0) is 13.8. The summed E-state index contributed by atoms with van der Waals surface area (Å²) in [7, 11) is 0. The predicted octanol–water partition coefficient (Wildman–Crippen LogP) is 5.29. The molecule has 0 saturated carbocycles. The Labute approximate surface area is 121 Å². The Hall–Kier alpha value is -0.180. The maximum Gasteiger partial charge on any atom is 0.0545 e. The minimum absolute atomic E-state index is 0.192. The maximum absolute atomic E-state index is 6.36. The highest BCUT2D eigenvalue weighted by molar-refractivity contribution is 8.00. The smallest absolute Gasteiger partial charge is 0.0545 e. The molecule has 1 rings (SSSR count). The van der Waals surface area contributed by atoms with Gasteiger partial charge in [0.25, 0.3) is 0 Å². The first-order chi connectivity index (χ1) is 8.33. The number of thioether (sulfide) groups is 1. The lowest BCUT2D eigenvalue weighted by molar-refractivity contribution is 0.570. The molecule has 18 heavy (non-hydrogen) atoms. The van der Waals surface area contributed by atoms with Crippen molar-refractivity contribution in [3.05, 3.63) is 28.8 Å². The van der Waals surface area contributed by atoms with Gasteiger partial charge < -0.3 is 5.32 Å². The zero-order valence-electron chi connectivity index (χ0n) is 12.0. The number of benzene rings is 1. The molecule has 0 amide bonds. The van der Waals surface area contributed by atoms with Crippen LogP contribution in [0.5, 0.6) is 0 Å². The molecule has 0 aromatic heterocycles. The van der Waals surface area contributed by atoms with Crippen molar-refractivity contribution in [1.82, 2.24) is 5.32 Å². The van der Waals surface area contributed by atoms with Gasteiger partial charge in [0, 0.05) is 15.7 Å². The largest absolute Gasteiger partial charge is 0.310 e. The van der Waals surface area contributed by atoms with E-state index in [1.165, 1.54) is 5.56 Å². The van der Waals surface area contributed by atoms with Crippen LogP contribution in [0.15, 0.2) is 23.1 Å². The van der Waals surface area contributed by atoms with Crippen molar-refractivity contribution in [1.29, 1.82) is 0 Å². The van der Waals surface area contributed by atoms with Crippen molar-refractivity contribution in [3.8, 4) is 0 Å². The lowest BCUT2D eigenvalue weighted by Crippen LogP contribution is -2.19. The summed E-state index contributed by atoms with van der Waals surface area (Å²) in [5.41, 5.74) is 1.26. The Bertz CT molecular complexity index is 385. The topological polar surface area (TPSA) is 12.0 Å². The Kier molecular flexibility index (Phi) is 6.03. The van der Waals surface area contributed by atoms with Crippen LogP contribution in [0.1, 0.15) is 52.6 Å². The fourth-order valence-electron chi connectivity index (χ4n) is 1.68. The second-order valence-corrected chi connectivity index (χ2v) is 7.86. The van der Waals surface area contributed by atoms with Crippen molar-refractivity contribution < 1.29 is 0 Å². The molecule has 1 atom stereocenters. The van der Waals surface area contributed by atoms with Crippen LogP contribution < -0.4 is 5.32 Å². The summed E-state index contributed by atoms with van der Waals surface area (Å²) in [5.74, 6) is 0. The third kappa shape index (κ3) is 5.21. The summed E-state index contributed by atoms with van der Waals surface area (Å²) < 4.78 is 0.192. The van der Waals surface area contributed by atoms with Crippen molar-refractivity contribution >= 4 is 23.4 Å². The summed E-state index contributed by atoms with van der Waals surface area (Å²) in [6.45, 7) is 12.0. The van der Waals surface area contributed by atoms with E-state index in [1.54, 1.807) is 0 Å². The minimum Gasteiger partial charge on any atom is -0.310 e. The highest BCUT2D eigenvalue weighted by Crippen LogP contribution is 2.37. The van der Waals surface area contributed by atoms with Gasteiger partial charge in [-0.15, -0.1) is 11.8 Å². The number of halogens is 1. The summed E-state index contributed by atoms with van der Waals surface area (Å²) in [5, 5.41) is 4.34. The van der Waals surface area contributed by atoms with E-state index in [1.807, 2.05) is 11.8 Å². The van der Waals surface area contributed by atoms with E-state index in [2.05, 4.69) is 58.1 Å². The molecular weight excluding hydrogens is 262 g/mol. The first-order valence-corrected chi connectivity index (χ1v) is 7.75. The van der Waals surface area contributed by atoms with Crippen LogP contribution in [-0.4, -0.2) is 11.3 Å². The summed E-state index contributed by atoms with van der Waals surface area (Å²) in [6, 6.07) is 6.75. The Morgan fingerprint density at radius 1 is 1.33 bits per heavy atom. The van der Waals surface area contributed by atoms with Crippen LogP contribution in [-0.2, 0) is 0 Å². The molecule has 0 aliphatic rings. The molecule has 1 aromatic rings. The van der Waals surface area contributed by atoms with Gasteiger partial charge in [-0.1, -0.05) is 45.4 Å². The zero-order valence-corrected chi connectivity index (χ0v) is 13.6. The first kappa shape index (κ1) is 15.9. The molecule has 1 N–H and O–H groups in total. The van der Waals surface area contributed by atoms with Gasteiger partial charge in [-0.2, -0.15) is 0 Å². The second kappa shape index (κ2) is 6.83. The van der Waals surface area contributed by atoms with Gasteiger partial charge in [0.05, 0.1) is 5.02 Å². The van der Waals surface area contributed by atoms with E-state index in [9.17, 15) is 0 Å². The van der Waals surface area contributed by atoms with E-state index in [-0.39, 0.29) is 4.75 Å². The van der Waals surface area contributed by atoms with Crippen molar-refractivity contribution in [2.45, 2.75) is 56.7 Å². The average molecular weight is 286 g/mol. The third-order valence-corrected chi connectivity index (χ3v) is 4.19. The normalized spacial score (nSPS) is 13.7. The molecule has 0 heterocycles. The SMILES string of the molecule is CCCNC(C)c1ccc(SC(C)(C)C)c(Cl)c1. The third-order valence-electron chi connectivity index (χ3n) is 2.57. The van der Waals surface area contributed by atoms with E-state index in [0.29, 0.717) is 6.04 Å². The lowest BCUT2D eigenvalue weighted by atomic mass is 10.1. The molecule has 0 saturated heterocycles. The number of rotatable bonds is 5. The van der Waals surface area contributed by atoms with Gasteiger partial charge in [-0.05, 0) is 37.6 Å². The van der Waals surface area contributed by atoms with Gasteiger partial charge >= 0.3 is 0 Å². The molecular formula is C15H24ClNS. The molecule has 0 bridgehead atoms. The highest BCUT2D eigenvalue weighted by Gasteiger charge is 2.15. The number of nitrogens with one attached hydrogen (secondary N) is 1. The number of hydrogen-bond acceptors (Lipinski definition) is 2. The molecule has 3 heteroatoms. The van der Waals surface area contributed by atoms with E-state index in [0.717, 1.165) is 22.9 Å². The van der Waals surface area contributed by atoms with Gasteiger partial charge in [-0.25, -0.2) is 0 Å². The monoisotopic (exact) mass is 285 g/mol. The summed E-state index contributed by atoms with van der Waals surface area (Å²) >= 11 is 8.18. The average Bonchev–Trinajstić information content (AvgIpc) is 2.27. The molecule has 0 fully saturated rings. The molecule has 0 aliphatic carbocycles. The number of hydrogen-bond donors (Lipinski definition) is 1. The van der Waals surface area contributed by atoms with Crippen LogP contribution in [0.4, 0.5) is 0 Å². The molecule has 1 unspecified atom stereocenters. The molecule has 0 radical (unpaired) electrons. The molecule has 1 nitrogen and oxygen atoms in total. The van der Waals surface area contributed by atoms with E-state index in [4.69, 9.17) is 11.6 Å². The Balaban J connectivity index is 2.79. The van der Waals surface area contributed by atoms with Crippen LogP contribution in [0.25, 0.3) is 0 Å². The molecule has 102 valence electrons. The Morgan fingerprint density at radius 2 is 2.00 bits per heavy atom. The van der Waals surface area contributed by atoms with Crippen LogP contribution >= 0.6 is 23.4 Å². The van der Waals surface area contributed by atoms with Crippen molar-refractivity contribution in [2.75, 3.05) is 6.54 Å². The van der Waals surface area contributed by atoms with Crippen LogP contribution in [0, 0.1) is 0 Å². The lowest BCUT2D eigenvalue weighted by Gasteiger charge is -2.20. The molecule has 0 aliphatic heterocycles. The molecule has 0 spiro atoms. The first-order valence-electron chi connectivity index (χ1n) is 6.55. The van der Waals surface area contributed by atoms with Gasteiger partial charge in [0.1, 0.15) is 0 Å². The van der Waals surface area contributed by atoms with E-state index < -0.39 is 0 Å². The summed E-state index contributed by atoms with van der Waals surface area (Å²) in [4.78, 5) is 1.16. The Morgan fingerprint density at radius 3 is 2.50 bits per heavy atom. The van der Waals surface area contributed by atoms with E-state index >= 15 is 0 Å². The van der Waals surface area contributed by atoms with Gasteiger partial charge in [-0.3, -0.25) is 0 Å². The van der Waals surface area contributed by atoms with Crippen molar-refractivity contribution in [2.24, 2.45) is 0 Å². The van der Waals surface area contributed by atoms with Gasteiger partial charge in [0.2, 0.25) is 0 Å². The predicted molar refractivity (Wildman–Crippen MR) is 83.8 cm³/mol. The second-order valence-electron chi connectivity index (χ2n) is 5.58. The van der Waals surface area contributed by atoms with Crippen LogP contribution in [0.2, 0.25) is 5.02 Å². The highest BCUT2D eigenvalue weighted by atomic mass is 35.5. The fraction of sp³-hybridized carbons (Fsp3) is 0.600. The quantitative estimate of drug-likeness (QED) is 0.738. The minimum atomic E-state index is 0.192. The summed E-state index contributed by atoms with van der Waals surface area (Å²) in [6.07, 6.45) is 1.15.